The summed E-state index contributed by atoms with van der Waals surface area (Å²) < 4.78 is 0. The van der Waals surface area contributed by atoms with E-state index in [0.29, 0.717) is 0 Å². The zero-order chi connectivity index (χ0) is 46.1. The Kier molecular flexibility index (Phi) is 9.49. The molecule has 0 N–H and O–H groups in total. The quantitative estimate of drug-likeness (QED) is 0.147. The molecule has 0 aliphatic heterocycles. The van der Waals surface area contributed by atoms with Gasteiger partial charge in [-0.25, -0.2) is 0 Å². The van der Waals surface area contributed by atoms with E-state index in [1.54, 1.807) is 0 Å². The molecule has 69 heavy (non-hydrogen) atoms. The molecule has 11 aromatic rings. The summed E-state index contributed by atoms with van der Waals surface area (Å²) in [6, 6.07) is 96.8. The summed E-state index contributed by atoms with van der Waals surface area (Å²) in [4.78, 5) is 2.48. The van der Waals surface area contributed by atoms with Crippen molar-refractivity contribution >= 4 is 27.8 Å². The van der Waals surface area contributed by atoms with Crippen molar-refractivity contribution in [2.75, 3.05) is 4.90 Å². The maximum Gasteiger partial charge on any atom is 0.0714 e. The summed E-state index contributed by atoms with van der Waals surface area (Å²) >= 11 is 0. The Bertz CT molecular complexity index is 3670. The van der Waals surface area contributed by atoms with E-state index in [1.807, 2.05) is 0 Å². The van der Waals surface area contributed by atoms with Gasteiger partial charge in [0.05, 0.1) is 5.41 Å². The van der Waals surface area contributed by atoms with Crippen molar-refractivity contribution in [1.82, 2.24) is 0 Å². The normalized spacial score (nSPS) is 13.6. The lowest BCUT2D eigenvalue weighted by atomic mass is 9.67. The monoisotopic (exact) mass is 879 g/mol. The molecule has 0 bridgehead atoms. The van der Waals surface area contributed by atoms with E-state index in [9.17, 15) is 0 Å². The van der Waals surface area contributed by atoms with Gasteiger partial charge in [0.1, 0.15) is 0 Å². The van der Waals surface area contributed by atoms with Crippen molar-refractivity contribution in [2.24, 2.45) is 0 Å². The van der Waals surface area contributed by atoms with Gasteiger partial charge in [-0.1, -0.05) is 232 Å². The van der Waals surface area contributed by atoms with E-state index in [-0.39, 0.29) is 5.41 Å². The Labute approximate surface area is 405 Å². The van der Waals surface area contributed by atoms with Crippen molar-refractivity contribution < 1.29 is 0 Å². The SMILES string of the molecule is CC1(C)c2cc(-c3cccc4ccccc34)ccc2-c2ccc(N(c3ccc(-c4ccc(-c5ccccc5)cc4)cc3)c3ccc4c(c3)C(c3ccccc3)(c3ccccc3)c3ccccc3-4)cc21. The van der Waals surface area contributed by atoms with Crippen LogP contribution in [0.1, 0.15) is 47.2 Å². The van der Waals surface area contributed by atoms with E-state index in [4.69, 9.17) is 0 Å². The molecule has 0 heterocycles. The Morgan fingerprint density at radius 3 is 1.35 bits per heavy atom. The molecule has 1 nitrogen and oxygen atoms in total. The zero-order valence-corrected chi connectivity index (χ0v) is 38.8. The van der Waals surface area contributed by atoms with Gasteiger partial charge in [0.15, 0.2) is 0 Å². The first kappa shape index (κ1) is 40.7. The van der Waals surface area contributed by atoms with Crippen LogP contribution in [-0.4, -0.2) is 0 Å². The maximum atomic E-state index is 2.48. The molecule has 0 amide bonds. The second kappa shape index (κ2) is 16.1. The number of benzene rings is 11. The third-order valence-electron chi connectivity index (χ3n) is 15.2. The number of anilines is 3. The largest absolute Gasteiger partial charge is 0.310 e. The van der Waals surface area contributed by atoms with E-state index < -0.39 is 5.41 Å². The maximum absolute atomic E-state index is 2.48. The summed E-state index contributed by atoms with van der Waals surface area (Å²) in [6.45, 7) is 4.80. The second-order valence-electron chi connectivity index (χ2n) is 19.2. The predicted octanol–water partition coefficient (Wildman–Crippen LogP) is 18.0. The van der Waals surface area contributed by atoms with E-state index in [2.05, 4.69) is 280 Å². The molecular weight excluding hydrogens is 831 g/mol. The molecule has 1 heteroatoms. The minimum atomic E-state index is -0.519. The van der Waals surface area contributed by atoms with Crippen LogP contribution in [0.15, 0.2) is 261 Å². The summed E-state index contributed by atoms with van der Waals surface area (Å²) in [5.41, 5.74) is 22.9. The fourth-order valence-corrected chi connectivity index (χ4v) is 11.8. The first-order chi connectivity index (χ1) is 34.0. The van der Waals surface area contributed by atoms with Gasteiger partial charge in [0.2, 0.25) is 0 Å². The average molecular weight is 880 g/mol. The van der Waals surface area contributed by atoms with Crippen LogP contribution in [0.25, 0.3) is 66.4 Å². The number of nitrogens with zero attached hydrogens (tertiary/aromatic N) is 1. The van der Waals surface area contributed by atoms with E-state index >= 15 is 0 Å². The van der Waals surface area contributed by atoms with Gasteiger partial charge < -0.3 is 4.90 Å². The van der Waals surface area contributed by atoms with Crippen LogP contribution in [0.3, 0.4) is 0 Å². The van der Waals surface area contributed by atoms with Crippen LogP contribution in [0.4, 0.5) is 17.1 Å². The Morgan fingerprint density at radius 1 is 0.275 bits per heavy atom. The lowest BCUT2D eigenvalue weighted by molar-refractivity contribution is 0.660. The predicted molar refractivity (Wildman–Crippen MR) is 290 cm³/mol. The highest BCUT2D eigenvalue weighted by atomic mass is 15.1. The van der Waals surface area contributed by atoms with Crippen LogP contribution >= 0.6 is 0 Å². The summed E-state index contributed by atoms with van der Waals surface area (Å²) in [7, 11) is 0. The standard InChI is InChI=1S/C68H49N/c1-67(2)64-43-51(58-27-16-20-50-19-12-13-25-57(50)58)35-40-60(64)61-41-38-55(44-65(61)67)69(54-36-33-49(34-37-54)48-31-29-47(30-32-48)46-17-6-3-7-18-46)56-39-42-62-59-26-14-15-28-63(59)68(66(62)45-56,52-21-8-4-9-22-52)53-23-10-5-11-24-53/h3-45H,1-2H3. The Hall–Kier alpha value is -8.52. The van der Waals surface area contributed by atoms with Gasteiger partial charge in [-0.3, -0.25) is 0 Å². The van der Waals surface area contributed by atoms with Gasteiger partial charge in [0.25, 0.3) is 0 Å². The molecule has 0 spiro atoms. The third-order valence-corrected chi connectivity index (χ3v) is 15.2. The number of rotatable bonds is 8. The molecule has 2 aliphatic carbocycles. The van der Waals surface area contributed by atoms with Crippen LogP contribution in [0, 0.1) is 0 Å². The van der Waals surface area contributed by atoms with Crippen molar-refractivity contribution in [2.45, 2.75) is 24.7 Å². The molecule has 13 rings (SSSR count). The lowest BCUT2D eigenvalue weighted by Gasteiger charge is -2.35. The number of hydrogen-bond donors (Lipinski definition) is 0. The van der Waals surface area contributed by atoms with Crippen molar-refractivity contribution in [3.8, 4) is 55.6 Å². The van der Waals surface area contributed by atoms with Crippen LogP contribution in [0.5, 0.6) is 0 Å². The van der Waals surface area contributed by atoms with Gasteiger partial charge >= 0.3 is 0 Å². The lowest BCUT2D eigenvalue weighted by Crippen LogP contribution is -2.28. The summed E-state index contributed by atoms with van der Waals surface area (Å²) in [5, 5.41) is 2.54. The minimum Gasteiger partial charge on any atom is -0.310 e. The van der Waals surface area contributed by atoms with Gasteiger partial charge in [-0.2, -0.15) is 0 Å². The highest BCUT2D eigenvalue weighted by Gasteiger charge is 2.46. The smallest absolute Gasteiger partial charge is 0.0714 e. The van der Waals surface area contributed by atoms with Gasteiger partial charge in [0, 0.05) is 22.5 Å². The van der Waals surface area contributed by atoms with Crippen LogP contribution in [-0.2, 0) is 10.8 Å². The fourth-order valence-electron chi connectivity index (χ4n) is 11.8. The molecule has 0 unspecified atom stereocenters. The topological polar surface area (TPSA) is 3.24 Å². The van der Waals surface area contributed by atoms with Crippen molar-refractivity contribution in [3.63, 3.8) is 0 Å². The molecule has 0 aromatic heterocycles. The highest BCUT2D eigenvalue weighted by Crippen LogP contribution is 2.58. The van der Waals surface area contributed by atoms with Crippen LogP contribution < -0.4 is 4.90 Å². The molecule has 326 valence electrons. The average Bonchev–Trinajstić information content (AvgIpc) is 3.84. The molecule has 0 atom stereocenters. The molecular formula is C68H49N. The van der Waals surface area contributed by atoms with Crippen molar-refractivity contribution in [1.29, 1.82) is 0 Å². The Balaban J connectivity index is 0.969. The second-order valence-corrected chi connectivity index (χ2v) is 19.2. The number of fused-ring (bicyclic) bond motifs is 7. The van der Waals surface area contributed by atoms with Crippen molar-refractivity contribution in [3.05, 3.63) is 294 Å². The first-order valence-corrected chi connectivity index (χ1v) is 24.2. The highest BCUT2D eigenvalue weighted by molar-refractivity contribution is 5.98. The Morgan fingerprint density at radius 2 is 0.696 bits per heavy atom. The summed E-state index contributed by atoms with van der Waals surface area (Å²) in [5.74, 6) is 0. The molecule has 2 aliphatic rings. The molecule has 0 fully saturated rings. The van der Waals surface area contributed by atoms with Gasteiger partial charge in [-0.15, -0.1) is 0 Å². The molecule has 0 saturated carbocycles. The fraction of sp³-hybridized carbons (Fsp3) is 0.0588. The molecule has 11 aromatic carbocycles. The molecule has 0 radical (unpaired) electrons. The number of hydrogen-bond acceptors (Lipinski definition) is 1. The third kappa shape index (κ3) is 6.46. The minimum absolute atomic E-state index is 0.238. The zero-order valence-electron chi connectivity index (χ0n) is 38.8. The first-order valence-electron chi connectivity index (χ1n) is 24.2. The van der Waals surface area contributed by atoms with E-state index in [1.165, 1.54) is 99.8 Å². The van der Waals surface area contributed by atoms with E-state index in [0.717, 1.165) is 17.1 Å². The van der Waals surface area contributed by atoms with Crippen LogP contribution in [0.2, 0.25) is 0 Å². The summed E-state index contributed by atoms with van der Waals surface area (Å²) in [6.07, 6.45) is 0. The van der Waals surface area contributed by atoms with Gasteiger partial charge in [-0.05, 0) is 142 Å². The molecule has 0 saturated heterocycles.